The summed E-state index contributed by atoms with van der Waals surface area (Å²) in [5.41, 5.74) is 1.90. The van der Waals surface area contributed by atoms with E-state index in [0.717, 1.165) is 36.3 Å². The van der Waals surface area contributed by atoms with Crippen LogP contribution in [0.1, 0.15) is 47.6 Å². The van der Waals surface area contributed by atoms with Gasteiger partial charge >= 0.3 is 0 Å². The molecule has 4 heteroatoms. The van der Waals surface area contributed by atoms with E-state index >= 15 is 0 Å². The molecule has 118 valence electrons. The van der Waals surface area contributed by atoms with Crippen molar-refractivity contribution in [3.63, 3.8) is 0 Å². The van der Waals surface area contributed by atoms with Crippen molar-refractivity contribution in [2.24, 2.45) is 0 Å². The zero-order valence-electron chi connectivity index (χ0n) is 13.1. The number of rotatable bonds is 4. The van der Waals surface area contributed by atoms with Crippen molar-refractivity contribution < 1.29 is 4.79 Å². The second-order valence-corrected chi connectivity index (χ2v) is 6.42. The number of amides is 1. The maximum atomic E-state index is 12.7. The fraction of sp³-hybridized carbons (Fsp3) is 0.368. The van der Waals surface area contributed by atoms with Gasteiger partial charge in [-0.25, -0.2) is 4.98 Å². The van der Waals surface area contributed by atoms with Gasteiger partial charge in [-0.15, -0.1) is 0 Å². The molecular weight excluding hydrogens is 286 g/mol. The van der Waals surface area contributed by atoms with Crippen LogP contribution in [0.15, 0.2) is 48.7 Å². The number of hydrogen-bond acceptors (Lipinski definition) is 3. The summed E-state index contributed by atoms with van der Waals surface area (Å²) in [5.74, 6) is 1.06. The summed E-state index contributed by atoms with van der Waals surface area (Å²) in [6, 6.07) is 14.4. The molecule has 1 atom stereocenters. The van der Waals surface area contributed by atoms with Gasteiger partial charge in [0, 0.05) is 24.3 Å². The summed E-state index contributed by atoms with van der Waals surface area (Å²) < 4.78 is 0. The maximum Gasteiger partial charge on any atom is 0.254 e. The molecule has 0 spiro atoms. The monoisotopic (exact) mass is 307 g/mol. The minimum absolute atomic E-state index is 0.119. The SMILES string of the molecule is O=C(c1ccccc1)N1CCC[C@@H]1c1ccc(NC2CC2)nc1. The van der Waals surface area contributed by atoms with E-state index in [1.54, 1.807) is 0 Å². The van der Waals surface area contributed by atoms with Gasteiger partial charge in [0.2, 0.25) is 0 Å². The van der Waals surface area contributed by atoms with Crippen LogP contribution in [-0.4, -0.2) is 28.4 Å². The number of hydrogen-bond donors (Lipinski definition) is 1. The van der Waals surface area contributed by atoms with Crippen LogP contribution >= 0.6 is 0 Å². The molecule has 1 aliphatic heterocycles. The lowest BCUT2D eigenvalue weighted by Crippen LogP contribution is -2.30. The molecule has 1 saturated heterocycles. The average molecular weight is 307 g/mol. The molecule has 1 aliphatic carbocycles. The highest BCUT2D eigenvalue weighted by atomic mass is 16.2. The fourth-order valence-corrected chi connectivity index (χ4v) is 3.23. The van der Waals surface area contributed by atoms with Gasteiger partial charge in [0.25, 0.3) is 5.91 Å². The van der Waals surface area contributed by atoms with Crippen LogP contribution in [0.4, 0.5) is 5.82 Å². The third kappa shape index (κ3) is 3.07. The average Bonchev–Trinajstić information content (AvgIpc) is 3.28. The summed E-state index contributed by atoms with van der Waals surface area (Å²) in [4.78, 5) is 19.3. The molecular formula is C19H21N3O. The molecule has 23 heavy (non-hydrogen) atoms. The summed E-state index contributed by atoms with van der Waals surface area (Å²) in [6.45, 7) is 0.820. The van der Waals surface area contributed by atoms with Gasteiger partial charge in [-0.05, 0) is 49.4 Å². The first kappa shape index (κ1) is 14.2. The van der Waals surface area contributed by atoms with Crippen LogP contribution in [-0.2, 0) is 0 Å². The lowest BCUT2D eigenvalue weighted by molar-refractivity contribution is 0.0735. The Morgan fingerprint density at radius 1 is 1.09 bits per heavy atom. The second-order valence-electron chi connectivity index (χ2n) is 6.42. The Kier molecular flexibility index (Phi) is 3.74. The van der Waals surface area contributed by atoms with Gasteiger partial charge in [-0.2, -0.15) is 0 Å². The molecule has 2 fully saturated rings. The molecule has 1 aromatic heterocycles. The number of benzene rings is 1. The van der Waals surface area contributed by atoms with E-state index in [1.165, 1.54) is 12.8 Å². The van der Waals surface area contributed by atoms with E-state index in [9.17, 15) is 4.79 Å². The van der Waals surface area contributed by atoms with E-state index in [-0.39, 0.29) is 11.9 Å². The molecule has 0 bridgehead atoms. The topological polar surface area (TPSA) is 45.2 Å². The minimum atomic E-state index is 0.119. The number of anilines is 1. The number of likely N-dealkylation sites (tertiary alicyclic amines) is 1. The Morgan fingerprint density at radius 2 is 1.91 bits per heavy atom. The number of aromatic nitrogens is 1. The Labute approximate surface area is 136 Å². The molecule has 1 aromatic carbocycles. The van der Waals surface area contributed by atoms with Crippen LogP contribution in [0.3, 0.4) is 0 Å². The summed E-state index contributed by atoms with van der Waals surface area (Å²) >= 11 is 0. The normalized spacial score (nSPS) is 20.5. The Morgan fingerprint density at radius 3 is 2.61 bits per heavy atom. The molecule has 2 heterocycles. The molecule has 0 unspecified atom stereocenters. The van der Waals surface area contributed by atoms with Crippen LogP contribution < -0.4 is 5.32 Å². The molecule has 2 aromatic rings. The molecule has 4 rings (SSSR count). The maximum absolute atomic E-state index is 12.7. The first-order valence-corrected chi connectivity index (χ1v) is 8.40. The fourth-order valence-electron chi connectivity index (χ4n) is 3.23. The van der Waals surface area contributed by atoms with Crippen LogP contribution in [0.5, 0.6) is 0 Å². The van der Waals surface area contributed by atoms with Crippen molar-refractivity contribution in [3.05, 3.63) is 59.8 Å². The molecule has 1 N–H and O–H groups in total. The van der Waals surface area contributed by atoms with Gasteiger partial charge in [-0.1, -0.05) is 24.3 Å². The van der Waals surface area contributed by atoms with Gasteiger partial charge in [-0.3, -0.25) is 4.79 Å². The number of nitrogens with one attached hydrogen (secondary N) is 1. The van der Waals surface area contributed by atoms with Crippen molar-refractivity contribution in [2.45, 2.75) is 37.8 Å². The Hall–Kier alpha value is -2.36. The standard InChI is InChI=1S/C19H21N3O/c23-19(14-5-2-1-3-6-14)22-12-4-7-17(22)15-8-11-18(20-13-15)21-16-9-10-16/h1-3,5-6,8,11,13,16-17H,4,7,9-10,12H2,(H,20,21)/t17-/m1/s1. The van der Waals surface area contributed by atoms with Crippen molar-refractivity contribution in [1.82, 2.24) is 9.88 Å². The third-order valence-corrected chi connectivity index (χ3v) is 4.63. The zero-order chi connectivity index (χ0) is 15.6. The third-order valence-electron chi connectivity index (χ3n) is 4.63. The van der Waals surface area contributed by atoms with Gasteiger partial charge < -0.3 is 10.2 Å². The highest BCUT2D eigenvalue weighted by Gasteiger charge is 2.30. The van der Waals surface area contributed by atoms with Crippen LogP contribution in [0.25, 0.3) is 0 Å². The van der Waals surface area contributed by atoms with Crippen molar-refractivity contribution in [3.8, 4) is 0 Å². The van der Waals surface area contributed by atoms with Crippen molar-refractivity contribution in [1.29, 1.82) is 0 Å². The van der Waals surface area contributed by atoms with E-state index in [4.69, 9.17) is 0 Å². The quantitative estimate of drug-likeness (QED) is 0.938. The van der Waals surface area contributed by atoms with Crippen LogP contribution in [0, 0.1) is 0 Å². The van der Waals surface area contributed by atoms with Gasteiger partial charge in [0.15, 0.2) is 0 Å². The summed E-state index contributed by atoms with van der Waals surface area (Å²) in [7, 11) is 0. The number of carbonyl (C=O) groups excluding carboxylic acids is 1. The van der Waals surface area contributed by atoms with E-state index in [0.29, 0.717) is 6.04 Å². The van der Waals surface area contributed by atoms with Gasteiger partial charge in [0.05, 0.1) is 6.04 Å². The van der Waals surface area contributed by atoms with Crippen molar-refractivity contribution >= 4 is 11.7 Å². The highest BCUT2D eigenvalue weighted by molar-refractivity contribution is 5.94. The number of carbonyl (C=O) groups is 1. The predicted molar refractivity (Wildman–Crippen MR) is 90.3 cm³/mol. The second kappa shape index (κ2) is 6.03. The molecule has 4 nitrogen and oxygen atoms in total. The van der Waals surface area contributed by atoms with E-state index in [1.807, 2.05) is 47.5 Å². The van der Waals surface area contributed by atoms with Crippen molar-refractivity contribution in [2.75, 3.05) is 11.9 Å². The Balaban J connectivity index is 1.51. The minimum Gasteiger partial charge on any atom is -0.367 e. The molecule has 1 amide bonds. The number of pyridine rings is 1. The predicted octanol–water partition coefficient (Wildman–Crippen LogP) is 3.63. The van der Waals surface area contributed by atoms with E-state index in [2.05, 4.69) is 16.4 Å². The van der Waals surface area contributed by atoms with E-state index < -0.39 is 0 Å². The molecule has 1 saturated carbocycles. The number of nitrogens with zero attached hydrogens (tertiary/aromatic N) is 2. The summed E-state index contributed by atoms with van der Waals surface area (Å²) in [6.07, 6.45) is 6.46. The summed E-state index contributed by atoms with van der Waals surface area (Å²) in [5, 5.41) is 3.40. The molecule has 2 aliphatic rings. The van der Waals surface area contributed by atoms with Gasteiger partial charge in [0.1, 0.15) is 5.82 Å². The largest absolute Gasteiger partial charge is 0.367 e. The first-order valence-electron chi connectivity index (χ1n) is 8.40. The Bertz CT molecular complexity index is 680. The highest BCUT2D eigenvalue weighted by Crippen LogP contribution is 2.33. The smallest absolute Gasteiger partial charge is 0.254 e. The first-order chi connectivity index (χ1) is 11.3. The molecule has 0 radical (unpaired) electrons. The van der Waals surface area contributed by atoms with Crippen LogP contribution in [0.2, 0.25) is 0 Å². The lowest BCUT2D eigenvalue weighted by atomic mass is 10.1. The zero-order valence-corrected chi connectivity index (χ0v) is 13.1. The lowest BCUT2D eigenvalue weighted by Gasteiger charge is -2.25.